The van der Waals surface area contributed by atoms with Gasteiger partial charge in [-0.15, -0.1) is 0 Å². The van der Waals surface area contributed by atoms with Crippen LogP contribution in [-0.2, 0) is 16.1 Å². The lowest BCUT2D eigenvalue weighted by Crippen LogP contribution is -2.39. The van der Waals surface area contributed by atoms with Crippen LogP contribution < -0.4 is 19.6 Å². The Bertz CT molecular complexity index is 1850. The Balaban J connectivity index is 1.64. The number of halogens is 3. The predicted octanol–water partition coefficient (Wildman–Crippen LogP) is 6.76. The zero-order chi connectivity index (χ0) is 29.3. The molecule has 1 atom stereocenters. The second-order valence-corrected chi connectivity index (χ2v) is 12.2. The van der Waals surface area contributed by atoms with Gasteiger partial charge < -0.3 is 9.47 Å². The third-order valence-corrected chi connectivity index (χ3v) is 8.54. The molecule has 210 valence electrons. The van der Waals surface area contributed by atoms with Crippen LogP contribution >= 0.6 is 50.5 Å². The number of fused-ring (bicyclic) bond motifs is 1. The van der Waals surface area contributed by atoms with Crippen molar-refractivity contribution in [1.29, 1.82) is 0 Å². The predicted molar refractivity (Wildman–Crippen MR) is 167 cm³/mol. The Morgan fingerprint density at radius 3 is 2.49 bits per heavy atom. The van der Waals surface area contributed by atoms with Crippen LogP contribution in [0.1, 0.15) is 42.1 Å². The summed E-state index contributed by atoms with van der Waals surface area (Å²) in [7, 11) is 0. The fourth-order valence-corrected chi connectivity index (χ4v) is 6.44. The Morgan fingerprint density at radius 1 is 1.10 bits per heavy atom. The van der Waals surface area contributed by atoms with E-state index in [1.54, 1.807) is 36.6 Å². The van der Waals surface area contributed by atoms with Gasteiger partial charge in [0.1, 0.15) is 12.4 Å². The van der Waals surface area contributed by atoms with Gasteiger partial charge in [-0.05, 0) is 62.2 Å². The van der Waals surface area contributed by atoms with Crippen LogP contribution in [0.5, 0.6) is 5.75 Å². The van der Waals surface area contributed by atoms with Gasteiger partial charge in [-0.1, -0.05) is 92.4 Å². The van der Waals surface area contributed by atoms with Crippen molar-refractivity contribution in [3.63, 3.8) is 0 Å². The van der Waals surface area contributed by atoms with Crippen LogP contribution in [-0.4, -0.2) is 17.1 Å². The number of aromatic nitrogens is 1. The van der Waals surface area contributed by atoms with E-state index in [1.165, 1.54) is 11.3 Å². The van der Waals surface area contributed by atoms with Gasteiger partial charge in [-0.2, -0.15) is 0 Å². The number of carbonyl (C=O) groups excluding carboxylic acids is 1. The van der Waals surface area contributed by atoms with E-state index >= 15 is 0 Å². The van der Waals surface area contributed by atoms with Crippen LogP contribution in [0, 0.1) is 6.92 Å². The van der Waals surface area contributed by atoms with E-state index in [0.717, 1.165) is 21.2 Å². The Kier molecular flexibility index (Phi) is 8.85. The summed E-state index contributed by atoms with van der Waals surface area (Å²) < 4.78 is 14.4. The van der Waals surface area contributed by atoms with Crippen molar-refractivity contribution in [2.45, 2.75) is 33.4 Å². The molecule has 0 saturated heterocycles. The molecule has 4 aromatic rings. The van der Waals surface area contributed by atoms with Crippen molar-refractivity contribution in [3.8, 4) is 5.75 Å². The van der Waals surface area contributed by atoms with Crippen molar-refractivity contribution >= 4 is 62.5 Å². The number of ether oxygens (including phenoxy) is 2. The molecule has 1 aliphatic heterocycles. The average molecular weight is 672 g/mol. The largest absolute Gasteiger partial charge is 0.487 e. The lowest BCUT2D eigenvalue weighted by Gasteiger charge is -2.24. The number of thiazole rings is 1. The molecule has 0 spiro atoms. The molecule has 0 amide bonds. The lowest BCUT2D eigenvalue weighted by molar-refractivity contribution is -0.139. The zero-order valence-electron chi connectivity index (χ0n) is 22.4. The topological polar surface area (TPSA) is 69.9 Å². The highest BCUT2D eigenvalue weighted by atomic mass is 79.9. The Morgan fingerprint density at radius 2 is 1.80 bits per heavy atom. The zero-order valence-corrected chi connectivity index (χ0v) is 26.3. The average Bonchev–Trinajstić information content (AvgIpc) is 3.23. The molecule has 0 bridgehead atoms. The molecule has 1 aromatic heterocycles. The first kappa shape index (κ1) is 29.3. The minimum absolute atomic E-state index is 0.208. The van der Waals surface area contributed by atoms with E-state index < -0.39 is 12.0 Å². The molecule has 6 nitrogen and oxygen atoms in total. The molecule has 0 fully saturated rings. The van der Waals surface area contributed by atoms with Crippen molar-refractivity contribution in [2.24, 2.45) is 4.99 Å². The number of allylic oxidation sites excluding steroid dienone is 1. The van der Waals surface area contributed by atoms with Crippen molar-refractivity contribution in [1.82, 2.24) is 4.57 Å². The molecule has 41 heavy (non-hydrogen) atoms. The van der Waals surface area contributed by atoms with Gasteiger partial charge >= 0.3 is 5.97 Å². The van der Waals surface area contributed by atoms with Crippen molar-refractivity contribution < 1.29 is 14.3 Å². The fourth-order valence-electron chi connectivity index (χ4n) is 4.57. The molecule has 3 aromatic carbocycles. The summed E-state index contributed by atoms with van der Waals surface area (Å²) in [5, 5.41) is 0.731. The molecule has 0 unspecified atom stereocenters. The normalized spacial score (nSPS) is 15.0. The van der Waals surface area contributed by atoms with Crippen molar-refractivity contribution in [2.75, 3.05) is 6.61 Å². The molecule has 2 heterocycles. The van der Waals surface area contributed by atoms with Gasteiger partial charge in [0, 0.05) is 15.1 Å². The summed E-state index contributed by atoms with van der Waals surface area (Å²) in [5.74, 6) is -0.0952. The Hall–Kier alpha value is -3.17. The van der Waals surface area contributed by atoms with Crippen LogP contribution in [0.25, 0.3) is 6.08 Å². The van der Waals surface area contributed by atoms with E-state index in [2.05, 4.69) is 20.9 Å². The van der Waals surface area contributed by atoms with E-state index in [-0.39, 0.29) is 18.8 Å². The fraction of sp³-hybridized carbons (Fsp3) is 0.194. The van der Waals surface area contributed by atoms with Gasteiger partial charge in [0.2, 0.25) is 0 Å². The SMILES string of the molecule is CCOC(=O)C1=C(C)N=c2s/c(=C\c3cc(Cl)cc(Cl)c3OCc3ccc(Br)cc3)c(=O)n2[C@H]1c1ccc(C)cc1. The molecule has 1 aliphatic rings. The number of esters is 1. The molecule has 5 rings (SSSR count). The highest BCUT2D eigenvalue weighted by Gasteiger charge is 2.33. The second-order valence-electron chi connectivity index (χ2n) is 9.43. The maximum Gasteiger partial charge on any atom is 0.338 e. The van der Waals surface area contributed by atoms with Crippen LogP contribution in [0.3, 0.4) is 0 Å². The van der Waals surface area contributed by atoms with Gasteiger partial charge in [-0.3, -0.25) is 9.36 Å². The first-order valence-electron chi connectivity index (χ1n) is 12.8. The van der Waals surface area contributed by atoms with Crippen LogP contribution in [0.4, 0.5) is 0 Å². The number of rotatable bonds is 7. The van der Waals surface area contributed by atoms with Gasteiger partial charge in [-0.25, -0.2) is 9.79 Å². The number of benzene rings is 3. The van der Waals surface area contributed by atoms with Crippen LogP contribution in [0.15, 0.2) is 86.2 Å². The highest BCUT2D eigenvalue weighted by molar-refractivity contribution is 9.10. The lowest BCUT2D eigenvalue weighted by atomic mass is 9.95. The maximum absolute atomic E-state index is 14.0. The third kappa shape index (κ3) is 6.21. The first-order chi connectivity index (χ1) is 19.7. The summed E-state index contributed by atoms with van der Waals surface area (Å²) in [6.45, 7) is 5.96. The van der Waals surface area contributed by atoms with E-state index in [1.807, 2.05) is 55.5 Å². The quantitative estimate of drug-likeness (QED) is 0.204. The smallest absolute Gasteiger partial charge is 0.338 e. The van der Waals surface area contributed by atoms with E-state index in [4.69, 9.17) is 32.7 Å². The molecule has 0 aliphatic carbocycles. The number of nitrogens with zero attached hydrogens (tertiary/aromatic N) is 2. The van der Waals surface area contributed by atoms with E-state index in [0.29, 0.717) is 42.0 Å². The van der Waals surface area contributed by atoms with E-state index in [9.17, 15) is 9.59 Å². The van der Waals surface area contributed by atoms with Gasteiger partial charge in [0.05, 0.1) is 33.5 Å². The molecular formula is C31H25BrCl2N2O4S. The summed E-state index contributed by atoms with van der Waals surface area (Å²) in [4.78, 5) is 32.2. The molecular weight excluding hydrogens is 647 g/mol. The summed E-state index contributed by atoms with van der Waals surface area (Å²) in [5.41, 5.74) is 3.88. The number of hydrogen-bond acceptors (Lipinski definition) is 6. The van der Waals surface area contributed by atoms with Crippen molar-refractivity contribution in [3.05, 3.63) is 128 Å². The third-order valence-electron chi connectivity index (χ3n) is 6.53. The maximum atomic E-state index is 14.0. The number of hydrogen-bond donors (Lipinski definition) is 0. The van der Waals surface area contributed by atoms with Gasteiger partial charge in [0.15, 0.2) is 4.80 Å². The second kappa shape index (κ2) is 12.4. The Labute approximate surface area is 259 Å². The van der Waals surface area contributed by atoms with Crippen LogP contribution in [0.2, 0.25) is 10.0 Å². The van der Waals surface area contributed by atoms with Gasteiger partial charge in [0.25, 0.3) is 5.56 Å². The standard InChI is InChI=1S/C31H25BrCl2N2O4S/c1-4-39-30(38)26-18(3)35-31-36(27(26)20-9-5-17(2)6-10-20)29(37)25(41-31)14-21-13-23(33)15-24(34)28(21)40-16-19-7-11-22(32)12-8-19/h5-15,27H,4,16H2,1-3H3/b25-14-/t27-/m0/s1. The molecule has 0 N–H and O–H groups in total. The number of aryl methyl sites for hydroxylation is 1. The molecule has 0 radical (unpaired) electrons. The molecule has 0 saturated carbocycles. The monoisotopic (exact) mass is 670 g/mol. The highest BCUT2D eigenvalue weighted by Crippen LogP contribution is 2.34. The molecule has 10 heteroatoms. The first-order valence-corrected chi connectivity index (χ1v) is 15.1. The summed E-state index contributed by atoms with van der Waals surface area (Å²) in [6, 6.07) is 18.1. The summed E-state index contributed by atoms with van der Waals surface area (Å²) in [6.07, 6.45) is 1.70. The minimum atomic E-state index is -0.691. The summed E-state index contributed by atoms with van der Waals surface area (Å²) >= 11 is 17.6. The number of carbonyl (C=O) groups is 1. The minimum Gasteiger partial charge on any atom is -0.487 e.